The summed E-state index contributed by atoms with van der Waals surface area (Å²) >= 11 is 0. The number of imidazole rings is 1. The van der Waals surface area contributed by atoms with Crippen LogP contribution >= 0.6 is 0 Å². The van der Waals surface area contributed by atoms with Crippen molar-refractivity contribution in [3.05, 3.63) is 66.0 Å². The van der Waals surface area contributed by atoms with E-state index in [9.17, 15) is 12.8 Å². The van der Waals surface area contributed by atoms with Gasteiger partial charge >= 0.3 is 0 Å². The van der Waals surface area contributed by atoms with Crippen molar-refractivity contribution >= 4 is 10.0 Å². The van der Waals surface area contributed by atoms with Crippen molar-refractivity contribution < 1.29 is 17.2 Å². The summed E-state index contributed by atoms with van der Waals surface area (Å²) in [5.41, 5.74) is 0.768. The van der Waals surface area contributed by atoms with Crippen LogP contribution in [0.4, 0.5) is 4.39 Å². The Morgan fingerprint density at radius 3 is 2.89 bits per heavy atom. The van der Waals surface area contributed by atoms with Crippen molar-refractivity contribution in [1.82, 2.24) is 18.8 Å². The van der Waals surface area contributed by atoms with Crippen LogP contribution < -0.4 is 0 Å². The van der Waals surface area contributed by atoms with Crippen molar-refractivity contribution in [2.45, 2.75) is 36.8 Å². The van der Waals surface area contributed by atoms with Crippen LogP contribution in [-0.4, -0.2) is 33.8 Å². The minimum atomic E-state index is -3.74. The zero-order valence-electron chi connectivity index (χ0n) is 15.5. The number of halogens is 1. The van der Waals surface area contributed by atoms with Crippen molar-refractivity contribution in [1.29, 1.82) is 0 Å². The zero-order valence-corrected chi connectivity index (χ0v) is 16.3. The molecule has 148 valence electrons. The standard InChI is InChI=1S/C19H21FN4O3S/c1-23-12-18(22-13-23)28(25,26)24-8-3-2-7-17(24)19-21-11-16(27-19)10-14-5-4-6-15(20)9-14/h4-6,9,11-13,17H,2-3,7-8,10H2,1H3/t17-/m1/s1. The fourth-order valence-electron chi connectivity index (χ4n) is 3.49. The summed E-state index contributed by atoms with van der Waals surface area (Å²) < 4.78 is 48.4. The molecule has 0 unspecified atom stereocenters. The van der Waals surface area contributed by atoms with E-state index in [-0.39, 0.29) is 10.8 Å². The number of rotatable bonds is 5. The number of sulfonamides is 1. The molecule has 0 radical (unpaired) electrons. The molecule has 0 amide bonds. The van der Waals surface area contributed by atoms with Crippen molar-refractivity contribution in [3.8, 4) is 0 Å². The number of nitrogens with zero attached hydrogens (tertiary/aromatic N) is 4. The Labute approximate surface area is 162 Å². The highest BCUT2D eigenvalue weighted by molar-refractivity contribution is 7.89. The number of oxazole rings is 1. The zero-order chi connectivity index (χ0) is 19.7. The Morgan fingerprint density at radius 2 is 2.14 bits per heavy atom. The molecule has 4 rings (SSSR count). The van der Waals surface area contributed by atoms with E-state index in [0.717, 1.165) is 18.4 Å². The second kappa shape index (κ2) is 7.48. The second-order valence-corrected chi connectivity index (χ2v) is 8.81. The smallest absolute Gasteiger partial charge is 0.262 e. The van der Waals surface area contributed by atoms with Gasteiger partial charge in [-0.15, -0.1) is 0 Å². The van der Waals surface area contributed by atoms with Gasteiger partial charge in [-0.1, -0.05) is 18.6 Å². The lowest BCUT2D eigenvalue weighted by Crippen LogP contribution is -2.38. The third-order valence-electron chi connectivity index (χ3n) is 4.83. The Morgan fingerprint density at radius 1 is 1.29 bits per heavy atom. The van der Waals surface area contributed by atoms with Crippen molar-refractivity contribution in [2.75, 3.05) is 6.54 Å². The highest BCUT2D eigenvalue weighted by atomic mass is 32.2. The van der Waals surface area contributed by atoms with E-state index in [1.54, 1.807) is 23.9 Å². The number of aromatic nitrogens is 3. The largest absolute Gasteiger partial charge is 0.444 e. The maximum Gasteiger partial charge on any atom is 0.262 e. The Bertz CT molecular complexity index is 1080. The third-order valence-corrected chi connectivity index (χ3v) is 6.63. The molecule has 1 atom stereocenters. The fourth-order valence-corrected chi connectivity index (χ4v) is 5.11. The first-order valence-corrected chi connectivity index (χ1v) is 10.6. The lowest BCUT2D eigenvalue weighted by atomic mass is 10.1. The Balaban J connectivity index is 1.59. The summed E-state index contributed by atoms with van der Waals surface area (Å²) in [6.45, 7) is 0.394. The molecular weight excluding hydrogens is 383 g/mol. The molecule has 0 aliphatic carbocycles. The minimum Gasteiger partial charge on any atom is -0.444 e. The van der Waals surface area contributed by atoms with Crippen LogP contribution in [0.3, 0.4) is 0 Å². The van der Waals surface area contributed by atoms with Gasteiger partial charge in [0.1, 0.15) is 17.6 Å². The van der Waals surface area contributed by atoms with Gasteiger partial charge in [0.25, 0.3) is 10.0 Å². The first-order chi connectivity index (χ1) is 13.4. The molecule has 1 aromatic carbocycles. The fraction of sp³-hybridized carbons (Fsp3) is 0.368. The second-order valence-electron chi connectivity index (χ2n) is 6.98. The quantitative estimate of drug-likeness (QED) is 0.653. The molecule has 7 nitrogen and oxygen atoms in total. The van der Waals surface area contributed by atoms with Crippen LogP contribution in [0.1, 0.15) is 42.5 Å². The first kappa shape index (κ1) is 18.8. The summed E-state index contributed by atoms with van der Waals surface area (Å²) in [6.07, 6.45) is 7.23. The molecule has 0 saturated carbocycles. The summed E-state index contributed by atoms with van der Waals surface area (Å²) in [6, 6.07) is 5.81. The lowest BCUT2D eigenvalue weighted by molar-refractivity contribution is 0.216. The third kappa shape index (κ3) is 3.72. The number of piperidine rings is 1. The molecule has 28 heavy (non-hydrogen) atoms. The molecule has 3 aromatic rings. The first-order valence-electron chi connectivity index (χ1n) is 9.12. The van der Waals surface area contributed by atoms with Gasteiger partial charge in [0.2, 0.25) is 5.89 Å². The van der Waals surface area contributed by atoms with Crippen LogP contribution in [0.25, 0.3) is 0 Å². The van der Waals surface area contributed by atoms with Crippen LogP contribution in [-0.2, 0) is 23.5 Å². The molecule has 1 aliphatic rings. The van der Waals surface area contributed by atoms with Crippen LogP contribution in [0.5, 0.6) is 0 Å². The number of benzene rings is 1. The van der Waals surface area contributed by atoms with Gasteiger partial charge in [-0.3, -0.25) is 0 Å². The van der Waals surface area contributed by atoms with E-state index in [4.69, 9.17) is 4.42 Å². The predicted octanol–water partition coefficient (Wildman–Crippen LogP) is 3.05. The van der Waals surface area contributed by atoms with Gasteiger partial charge in [0, 0.05) is 26.2 Å². The molecular formula is C19H21FN4O3S. The molecule has 9 heteroatoms. The van der Waals surface area contributed by atoms with Gasteiger partial charge in [0.05, 0.1) is 12.5 Å². The number of hydrogen-bond acceptors (Lipinski definition) is 5. The summed E-state index contributed by atoms with van der Waals surface area (Å²) in [5, 5.41) is 0.0217. The average molecular weight is 404 g/mol. The van der Waals surface area contributed by atoms with E-state index < -0.39 is 16.1 Å². The van der Waals surface area contributed by atoms with Gasteiger partial charge in [-0.2, -0.15) is 4.31 Å². The topological polar surface area (TPSA) is 81.2 Å². The van der Waals surface area contributed by atoms with E-state index >= 15 is 0 Å². The minimum absolute atomic E-state index is 0.0217. The van der Waals surface area contributed by atoms with E-state index in [1.165, 1.54) is 29.0 Å². The average Bonchev–Trinajstić information content (AvgIpc) is 3.31. The van der Waals surface area contributed by atoms with Crippen molar-refractivity contribution in [3.63, 3.8) is 0 Å². The van der Waals surface area contributed by atoms with Crippen molar-refractivity contribution in [2.24, 2.45) is 7.05 Å². The molecule has 0 spiro atoms. The SMILES string of the molecule is Cn1cnc(S(=O)(=O)N2CCCC[C@@H]2c2ncc(Cc3cccc(F)c3)o2)c1. The van der Waals surface area contributed by atoms with Gasteiger partial charge < -0.3 is 8.98 Å². The van der Waals surface area contributed by atoms with E-state index in [2.05, 4.69) is 9.97 Å². The van der Waals surface area contributed by atoms with Crippen LogP contribution in [0.15, 0.2) is 52.4 Å². The highest BCUT2D eigenvalue weighted by Crippen LogP contribution is 2.35. The molecule has 1 fully saturated rings. The van der Waals surface area contributed by atoms with Crippen LogP contribution in [0.2, 0.25) is 0 Å². The molecule has 1 saturated heterocycles. The van der Waals surface area contributed by atoms with Crippen LogP contribution in [0, 0.1) is 5.82 Å². The molecule has 0 N–H and O–H groups in total. The van der Waals surface area contributed by atoms with E-state index in [1.807, 2.05) is 6.07 Å². The molecule has 0 bridgehead atoms. The monoisotopic (exact) mass is 404 g/mol. The molecule has 1 aliphatic heterocycles. The van der Waals surface area contributed by atoms with Gasteiger partial charge in [0.15, 0.2) is 5.03 Å². The maximum atomic E-state index is 13.4. The Hall–Kier alpha value is -2.52. The van der Waals surface area contributed by atoms with E-state index in [0.29, 0.717) is 31.0 Å². The van der Waals surface area contributed by atoms with Gasteiger partial charge in [-0.25, -0.2) is 22.8 Å². The lowest BCUT2D eigenvalue weighted by Gasteiger charge is -2.31. The normalized spacial score (nSPS) is 18.4. The molecule has 3 heterocycles. The van der Waals surface area contributed by atoms with Gasteiger partial charge in [-0.05, 0) is 30.5 Å². The predicted molar refractivity (Wildman–Crippen MR) is 99.4 cm³/mol. The Kier molecular flexibility index (Phi) is 5.03. The number of aryl methyl sites for hydroxylation is 1. The molecule has 2 aromatic heterocycles. The maximum absolute atomic E-state index is 13.4. The number of hydrogen-bond donors (Lipinski definition) is 0. The summed E-state index contributed by atoms with van der Waals surface area (Å²) in [4.78, 5) is 8.34. The summed E-state index contributed by atoms with van der Waals surface area (Å²) in [7, 11) is -2.01. The summed E-state index contributed by atoms with van der Waals surface area (Å²) in [5.74, 6) is 0.629. The highest BCUT2D eigenvalue weighted by Gasteiger charge is 2.38.